The fraction of sp³-hybridized carbons (Fsp3) is 0.600. The molecule has 106 valence electrons. The largest absolute Gasteiger partial charge is 0.338 e. The zero-order chi connectivity index (χ0) is 14.1. The SMILES string of the molecule is CCCCNC(=O)N(CC)[C@@H](CC)c1ccncc1. The third kappa shape index (κ3) is 4.54. The van der Waals surface area contributed by atoms with E-state index in [4.69, 9.17) is 0 Å². The number of hydrogen-bond donors (Lipinski definition) is 1. The molecule has 0 aliphatic rings. The summed E-state index contributed by atoms with van der Waals surface area (Å²) >= 11 is 0. The number of rotatable bonds is 7. The highest BCUT2D eigenvalue weighted by Crippen LogP contribution is 2.23. The van der Waals surface area contributed by atoms with Gasteiger partial charge in [0.2, 0.25) is 0 Å². The van der Waals surface area contributed by atoms with Crippen molar-refractivity contribution in [3.63, 3.8) is 0 Å². The monoisotopic (exact) mass is 263 g/mol. The van der Waals surface area contributed by atoms with Crippen molar-refractivity contribution in [3.05, 3.63) is 30.1 Å². The molecule has 0 aromatic carbocycles. The second-order valence-corrected chi connectivity index (χ2v) is 4.58. The van der Waals surface area contributed by atoms with Gasteiger partial charge in [0.05, 0.1) is 6.04 Å². The van der Waals surface area contributed by atoms with Crippen LogP contribution in [0.5, 0.6) is 0 Å². The van der Waals surface area contributed by atoms with E-state index in [0.717, 1.165) is 31.4 Å². The van der Waals surface area contributed by atoms with E-state index < -0.39 is 0 Å². The molecule has 0 saturated carbocycles. The number of unbranched alkanes of at least 4 members (excludes halogenated alkanes) is 1. The molecular formula is C15H25N3O. The number of urea groups is 1. The maximum absolute atomic E-state index is 12.2. The highest BCUT2D eigenvalue weighted by atomic mass is 16.2. The number of aromatic nitrogens is 1. The Labute approximate surface area is 116 Å². The van der Waals surface area contributed by atoms with E-state index in [0.29, 0.717) is 6.54 Å². The predicted molar refractivity (Wildman–Crippen MR) is 78.0 cm³/mol. The summed E-state index contributed by atoms with van der Waals surface area (Å²) in [4.78, 5) is 18.1. The first-order valence-electron chi connectivity index (χ1n) is 7.18. The summed E-state index contributed by atoms with van der Waals surface area (Å²) in [7, 11) is 0. The Morgan fingerprint density at radius 2 is 2.00 bits per heavy atom. The molecule has 0 aliphatic heterocycles. The zero-order valence-corrected chi connectivity index (χ0v) is 12.2. The molecule has 2 amide bonds. The van der Waals surface area contributed by atoms with Crippen molar-refractivity contribution >= 4 is 6.03 Å². The summed E-state index contributed by atoms with van der Waals surface area (Å²) in [6.45, 7) is 7.70. The van der Waals surface area contributed by atoms with E-state index in [1.54, 1.807) is 12.4 Å². The van der Waals surface area contributed by atoms with E-state index >= 15 is 0 Å². The first-order valence-corrected chi connectivity index (χ1v) is 7.18. The highest BCUT2D eigenvalue weighted by molar-refractivity contribution is 5.74. The van der Waals surface area contributed by atoms with E-state index in [1.807, 2.05) is 24.0 Å². The van der Waals surface area contributed by atoms with Crippen LogP contribution in [0.3, 0.4) is 0 Å². The third-order valence-corrected chi connectivity index (χ3v) is 3.26. The Bertz CT molecular complexity index is 367. The Morgan fingerprint density at radius 1 is 1.32 bits per heavy atom. The standard InChI is InChI=1S/C15H25N3O/c1-4-7-10-17-15(19)18(6-3)14(5-2)13-8-11-16-12-9-13/h8-9,11-12,14H,4-7,10H2,1-3H3,(H,17,19)/t14-/m0/s1. The summed E-state index contributed by atoms with van der Waals surface area (Å²) in [5, 5.41) is 2.99. The second-order valence-electron chi connectivity index (χ2n) is 4.58. The molecule has 0 aliphatic carbocycles. The minimum atomic E-state index is 0.0274. The first kappa shape index (κ1) is 15.5. The Morgan fingerprint density at radius 3 is 2.53 bits per heavy atom. The summed E-state index contributed by atoms with van der Waals surface area (Å²) < 4.78 is 0. The molecular weight excluding hydrogens is 238 g/mol. The van der Waals surface area contributed by atoms with Crippen LogP contribution >= 0.6 is 0 Å². The van der Waals surface area contributed by atoms with Crippen molar-refractivity contribution in [2.45, 2.75) is 46.1 Å². The van der Waals surface area contributed by atoms with Gasteiger partial charge < -0.3 is 10.2 Å². The van der Waals surface area contributed by atoms with Crippen LogP contribution < -0.4 is 5.32 Å². The summed E-state index contributed by atoms with van der Waals surface area (Å²) in [5.74, 6) is 0. The lowest BCUT2D eigenvalue weighted by Gasteiger charge is -2.30. The van der Waals surface area contributed by atoms with Gasteiger partial charge in [-0.05, 0) is 37.5 Å². The Hall–Kier alpha value is -1.58. The topological polar surface area (TPSA) is 45.2 Å². The summed E-state index contributed by atoms with van der Waals surface area (Å²) in [6, 6.07) is 4.11. The summed E-state index contributed by atoms with van der Waals surface area (Å²) in [5.41, 5.74) is 1.14. The van der Waals surface area contributed by atoms with Gasteiger partial charge in [0, 0.05) is 25.5 Å². The van der Waals surface area contributed by atoms with Crippen LogP contribution in [0.15, 0.2) is 24.5 Å². The maximum Gasteiger partial charge on any atom is 0.317 e. The average Bonchev–Trinajstić information content (AvgIpc) is 2.45. The van der Waals surface area contributed by atoms with Gasteiger partial charge >= 0.3 is 6.03 Å². The molecule has 1 N–H and O–H groups in total. The Balaban J connectivity index is 2.73. The van der Waals surface area contributed by atoms with E-state index in [9.17, 15) is 4.79 Å². The van der Waals surface area contributed by atoms with Crippen LogP contribution in [0.1, 0.15) is 51.6 Å². The van der Waals surface area contributed by atoms with Gasteiger partial charge in [-0.3, -0.25) is 4.98 Å². The second kappa shape index (κ2) is 8.51. The van der Waals surface area contributed by atoms with Crippen molar-refractivity contribution in [3.8, 4) is 0 Å². The van der Waals surface area contributed by atoms with Crippen LogP contribution in [0.25, 0.3) is 0 Å². The van der Waals surface area contributed by atoms with Crippen LogP contribution in [-0.2, 0) is 0 Å². The number of nitrogens with zero attached hydrogens (tertiary/aromatic N) is 2. The number of carbonyl (C=O) groups excluding carboxylic acids is 1. The third-order valence-electron chi connectivity index (χ3n) is 3.26. The molecule has 4 nitrogen and oxygen atoms in total. The molecule has 19 heavy (non-hydrogen) atoms. The van der Waals surface area contributed by atoms with E-state index in [-0.39, 0.29) is 12.1 Å². The lowest BCUT2D eigenvalue weighted by molar-refractivity contribution is 0.176. The van der Waals surface area contributed by atoms with Crippen molar-refractivity contribution in [1.82, 2.24) is 15.2 Å². The van der Waals surface area contributed by atoms with Crippen molar-refractivity contribution < 1.29 is 4.79 Å². The van der Waals surface area contributed by atoms with Gasteiger partial charge in [0.15, 0.2) is 0 Å². The lowest BCUT2D eigenvalue weighted by Crippen LogP contribution is -2.42. The fourth-order valence-corrected chi connectivity index (χ4v) is 2.20. The highest BCUT2D eigenvalue weighted by Gasteiger charge is 2.21. The molecule has 1 atom stereocenters. The van der Waals surface area contributed by atoms with Gasteiger partial charge in [0.25, 0.3) is 0 Å². The van der Waals surface area contributed by atoms with E-state index in [2.05, 4.69) is 24.1 Å². The Kier molecular flexibility index (Phi) is 6.93. The molecule has 0 radical (unpaired) electrons. The molecule has 0 unspecified atom stereocenters. The molecule has 1 aromatic rings. The van der Waals surface area contributed by atoms with Crippen LogP contribution in [-0.4, -0.2) is 29.0 Å². The van der Waals surface area contributed by atoms with E-state index in [1.165, 1.54) is 0 Å². The molecule has 0 fully saturated rings. The lowest BCUT2D eigenvalue weighted by atomic mass is 10.0. The van der Waals surface area contributed by atoms with Gasteiger partial charge in [-0.1, -0.05) is 20.3 Å². The minimum Gasteiger partial charge on any atom is -0.338 e. The quantitative estimate of drug-likeness (QED) is 0.767. The number of amides is 2. The minimum absolute atomic E-state index is 0.0274. The number of pyridine rings is 1. The number of hydrogen-bond acceptors (Lipinski definition) is 2. The smallest absolute Gasteiger partial charge is 0.317 e. The van der Waals surface area contributed by atoms with Crippen LogP contribution in [0.4, 0.5) is 4.79 Å². The first-order chi connectivity index (χ1) is 9.24. The van der Waals surface area contributed by atoms with Gasteiger partial charge in [0.1, 0.15) is 0 Å². The molecule has 1 rings (SSSR count). The zero-order valence-electron chi connectivity index (χ0n) is 12.2. The number of carbonyl (C=O) groups is 1. The van der Waals surface area contributed by atoms with Crippen molar-refractivity contribution in [1.29, 1.82) is 0 Å². The van der Waals surface area contributed by atoms with Gasteiger partial charge in [-0.15, -0.1) is 0 Å². The van der Waals surface area contributed by atoms with Gasteiger partial charge in [-0.25, -0.2) is 4.79 Å². The normalized spacial score (nSPS) is 11.9. The fourth-order valence-electron chi connectivity index (χ4n) is 2.20. The van der Waals surface area contributed by atoms with Crippen molar-refractivity contribution in [2.75, 3.05) is 13.1 Å². The number of nitrogens with one attached hydrogen (secondary N) is 1. The predicted octanol–water partition coefficient (Wildman–Crippen LogP) is 3.36. The van der Waals surface area contributed by atoms with Crippen LogP contribution in [0.2, 0.25) is 0 Å². The van der Waals surface area contributed by atoms with Crippen molar-refractivity contribution in [2.24, 2.45) is 0 Å². The average molecular weight is 263 g/mol. The molecule has 0 saturated heterocycles. The van der Waals surface area contributed by atoms with Gasteiger partial charge in [-0.2, -0.15) is 0 Å². The summed E-state index contributed by atoms with van der Waals surface area (Å²) in [6.07, 6.45) is 6.57. The molecule has 1 heterocycles. The molecule has 0 spiro atoms. The van der Waals surface area contributed by atoms with Crippen LogP contribution in [0, 0.1) is 0 Å². The molecule has 0 bridgehead atoms. The molecule has 4 heteroatoms. The molecule has 1 aromatic heterocycles. The maximum atomic E-state index is 12.2.